The second-order valence-electron chi connectivity index (χ2n) is 5.43. The molecule has 112 valence electrons. The summed E-state index contributed by atoms with van der Waals surface area (Å²) in [6.07, 6.45) is 0.537. The first-order chi connectivity index (χ1) is 10.0. The normalized spacial score (nSPS) is 11.1. The van der Waals surface area contributed by atoms with Crippen molar-refractivity contribution < 1.29 is 13.9 Å². The lowest BCUT2D eigenvalue weighted by atomic mass is 10.1. The highest BCUT2D eigenvalue weighted by atomic mass is 32.1. The molecule has 0 radical (unpaired) electrons. The monoisotopic (exact) mass is 306 g/mol. The van der Waals surface area contributed by atoms with Crippen LogP contribution >= 0.6 is 11.3 Å². The van der Waals surface area contributed by atoms with Crippen molar-refractivity contribution >= 4 is 17.1 Å². The maximum absolute atomic E-state index is 13.1. The van der Waals surface area contributed by atoms with Gasteiger partial charge in [0.05, 0.1) is 11.5 Å². The summed E-state index contributed by atoms with van der Waals surface area (Å²) in [6, 6.07) is 8.23. The second-order valence-corrected chi connectivity index (χ2v) is 6.48. The van der Waals surface area contributed by atoms with Gasteiger partial charge in [-0.05, 0) is 35.2 Å². The zero-order valence-electron chi connectivity index (χ0n) is 12.5. The quantitative estimate of drug-likeness (QED) is 0.707. The number of ether oxygens (including phenoxy) is 1. The minimum Gasteiger partial charge on any atom is -0.380 e. The van der Waals surface area contributed by atoms with Gasteiger partial charge in [0, 0.05) is 18.4 Å². The maximum Gasteiger partial charge on any atom is 0.173 e. The number of hydrogen-bond acceptors (Lipinski definition) is 3. The fraction of sp³-hybridized carbons (Fsp3) is 0.353. The lowest BCUT2D eigenvalue weighted by Crippen LogP contribution is -2.00. The van der Waals surface area contributed by atoms with E-state index in [0.29, 0.717) is 18.9 Å². The number of thiophene rings is 1. The third kappa shape index (κ3) is 3.99. The van der Waals surface area contributed by atoms with E-state index in [-0.39, 0.29) is 11.6 Å². The minimum atomic E-state index is -0.264. The summed E-state index contributed by atoms with van der Waals surface area (Å²) in [4.78, 5) is 13.9. The third-order valence-corrected chi connectivity index (χ3v) is 4.35. The molecule has 0 unspecified atom stereocenters. The van der Waals surface area contributed by atoms with Crippen LogP contribution in [-0.4, -0.2) is 12.9 Å². The molecule has 21 heavy (non-hydrogen) atoms. The average Bonchev–Trinajstić information content (AvgIpc) is 2.83. The largest absolute Gasteiger partial charge is 0.380 e. The van der Waals surface area contributed by atoms with Gasteiger partial charge in [-0.3, -0.25) is 4.79 Å². The molecule has 0 aliphatic carbocycles. The van der Waals surface area contributed by atoms with E-state index in [4.69, 9.17) is 4.74 Å². The zero-order valence-corrected chi connectivity index (χ0v) is 13.3. The van der Waals surface area contributed by atoms with Crippen LogP contribution in [0.4, 0.5) is 4.39 Å². The molecule has 1 aromatic carbocycles. The number of carbonyl (C=O) groups excluding carboxylic acids is 1. The predicted molar refractivity (Wildman–Crippen MR) is 84.2 cm³/mol. The standard InChI is InChI=1S/C17H19FO2S/c1-11(2)8-15(19)16-9-13(10-20-3)17(21-16)12-4-6-14(18)7-5-12/h4-7,9,11H,8,10H2,1-3H3. The summed E-state index contributed by atoms with van der Waals surface area (Å²) in [5.41, 5.74) is 1.89. The van der Waals surface area contributed by atoms with Crippen LogP contribution in [0, 0.1) is 11.7 Å². The highest BCUT2D eigenvalue weighted by Gasteiger charge is 2.16. The van der Waals surface area contributed by atoms with Gasteiger partial charge in [0.25, 0.3) is 0 Å². The Kier molecular flexibility index (Phi) is 5.26. The molecule has 2 nitrogen and oxygen atoms in total. The number of benzene rings is 1. The van der Waals surface area contributed by atoms with Gasteiger partial charge in [-0.15, -0.1) is 11.3 Å². The molecule has 0 N–H and O–H groups in total. The van der Waals surface area contributed by atoms with Crippen LogP contribution in [0.1, 0.15) is 35.5 Å². The molecule has 0 spiro atoms. The fourth-order valence-corrected chi connectivity index (χ4v) is 3.27. The van der Waals surface area contributed by atoms with Gasteiger partial charge in [0.1, 0.15) is 5.82 Å². The molecule has 1 heterocycles. The molecule has 0 saturated carbocycles. The van der Waals surface area contributed by atoms with E-state index in [0.717, 1.165) is 20.9 Å². The summed E-state index contributed by atoms with van der Waals surface area (Å²) in [5, 5.41) is 0. The molecular weight excluding hydrogens is 287 g/mol. The number of halogens is 1. The number of hydrogen-bond donors (Lipinski definition) is 0. The van der Waals surface area contributed by atoms with Crippen molar-refractivity contribution in [3.63, 3.8) is 0 Å². The van der Waals surface area contributed by atoms with Gasteiger partial charge in [-0.1, -0.05) is 26.0 Å². The molecule has 4 heteroatoms. The highest BCUT2D eigenvalue weighted by molar-refractivity contribution is 7.17. The van der Waals surface area contributed by atoms with E-state index in [9.17, 15) is 9.18 Å². The van der Waals surface area contributed by atoms with E-state index in [1.807, 2.05) is 19.9 Å². The van der Waals surface area contributed by atoms with Gasteiger partial charge in [-0.2, -0.15) is 0 Å². The molecule has 2 rings (SSSR count). The molecule has 2 aromatic rings. The highest BCUT2D eigenvalue weighted by Crippen LogP contribution is 2.34. The molecule has 0 atom stereocenters. The predicted octanol–water partition coefficient (Wildman–Crippen LogP) is 4.93. The fourth-order valence-electron chi connectivity index (χ4n) is 2.15. The Balaban J connectivity index is 2.37. The molecule has 0 aliphatic heterocycles. The van der Waals surface area contributed by atoms with Crippen LogP contribution in [0.5, 0.6) is 0 Å². The molecule has 0 saturated heterocycles. The molecule has 0 fully saturated rings. The molecule has 0 bridgehead atoms. The van der Waals surface area contributed by atoms with E-state index < -0.39 is 0 Å². The van der Waals surface area contributed by atoms with Crippen molar-refractivity contribution in [1.29, 1.82) is 0 Å². The maximum atomic E-state index is 13.1. The second kappa shape index (κ2) is 6.96. The Morgan fingerprint density at radius 3 is 2.52 bits per heavy atom. The van der Waals surface area contributed by atoms with Crippen LogP contribution in [0.25, 0.3) is 10.4 Å². The van der Waals surface area contributed by atoms with E-state index in [2.05, 4.69) is 0 Å². The van der Waals surface area contributed by atoms with Crippen LogP contribution < -0.4 is 0 Å². The van der Waals surface area contributed by atoms with Crippen LogP contribution in [0.2, 0.25) is 0 Å². The first kappa shape index (κ1) is 15.9. The number of ketones is 1. The van der Waals surface area contributed by atoms with Crippen molar-refractivity contribution in [2.24, 2.45) is 5.92 Å². The van der Waals surface area contributed by atoms with Crippen molar-refractivity contribution in [1.82, 2.24) is 0 Å². The van der Waals surface area contributed by atoms with Gasteiger partial charge in [-0.25, -0.2) is 4.39 Å². The Morgan fingerprint density at radius 2 is 1.95 bits per heavy atom. The van der Waals surface area contributed by atoms with Crippen molar-refractivity contribution in [2.75, 3.05) is 7.11 Å². The number of methoxy groups -OCH3 is 1. The smallest absolute Gasteiger partial charge is 0.173 e. The summed E-state index contributed by atoms with van der Waals surface area (Å²) < 4.78 is 18.3. The van der Waals surface area contributed by atoms with Crippen molar-refractivity contribution in [3.8, 4) is 10.4 Å². The Hall–Kier alpha value is -1.52. The van der Waals surface area contributed by atoms with E-state index in [1.54, 1.807) is 19.2 Å². The number of rotatable bonds is 6. The summed E-state index contributed by atoms with van der Waals surface area (Å²) in [6.45, 7) is 4.50. The van der Waals surface area contributed by atoms with E-state index in [1.165, 1.54) is 23.5 Å². The summed E-state index contributed by atoms with van der Waals surface area (Å²) in [5.74, 6) is 0.222. The van der Waals surface area contributed by atoms with E-state index >= 15 is 0 Å². The lowest BCUT2D eigenvalue weighted by Gasteiger charge is -2.02. The zero-order chi connectivity index (χ0) is 15.4. The topological polar surface area (TPSA) is 26.3 Å². The average molecular weight is 306 g/mol. The SMILES string of the molecule is COCc1cc(C(=O)CC(C)C)sc1-c1ccc(F)cc1. The van der Waals surface area contributed by atoms with Crippen LogP contribution in [0.15, 0.2) is 30.3 Å². The lowest BCUT2D eigenvalue weighted by molar-refractivity contribution is 0.0971. The third-order valence-electron chi connectivity index (χ3n) is 3.08. The van der Waals surface area contributed by atoms with Gasteiger partial charge >= 0.3 is 0 Å². The summed E-state index contributed by atoms with van der Waals surface area (Å²) >= 11 is 1.46. The summed E-state index contributed by atoms with van der Waals surface area (Å²) in [7, 11) is 1.63. The minimum absolute atomic E-state index is 0.153. The molecule has 0 amide bonds. The Morgan fingerprint density at radius 1 is 1.29 bits per heavy atom. The first-order valence-corrected chi connectivity index (χ1v) is 7.73. The number of Topliss-reactive ketones (excluding diaryl/α,β-unsaturated/α-hetero) is 1. The number of carbonyl (C=O) groups is 1. The Labute approximate surface area is 128 Å². The first-order valence-electron chi connectivity index (χ1n) is 6.92. The van der Waals surface area contributed by atoms with Gasteiger partial charge < -0.3 is 4.74 Å². The molecule has 0 aliphatic rings. The Bertz CT molecular complexity index is 614. The van der Waals surface area contributed by atoms with Crippen molar-refractivity contribution in [2.45, 2.75) is 26.9 Å². The van der Waals surface area contributed by atoms with Gasteiger partial charge in [0.2, 0.25) is 0 Å². The molecule has 1 aromatic heterocycles. The molecular formula is C17H19FO2S. The van der Waals surface area contributed by atoms with Gasteiger partial charge in [0.15, 0.2) is 5.78 Å². The van der Waals surface area contributed by atoms with Crippen LogP contribution in [-0.2, 0) is 11.3 Å². The van der Waals surface area contributed by atoms with Crippen LogP contribution in [0.3, 0.4) is 0 Å². The van der Waals surface area contributed by atoms with Crippen molar-refractivity contribution in [3.05, 3.63) is 46.6 Å².